The van der Waals surface area contributed by atoms with Gasteiger partial charge in [0.05, 0.1) is 23.2 Å². The van der Waals surface area contributed by atoms with Crippen molar-refractivity contribution >= 4 is 34.9 Å². The van der Waals surface area contributed by atoms with Gasteiger partial charge in [-0.05, 0) is 61.2 Å². The number of carboxylic acid groups (broad SMARTS) is 1. The van der Waals surface area contributed by atoms with Crippen molar-refractivity contribution in [3.8, 4) is 11.5 Å². The third-order valence-corrected chi connectivity index (χ3v) is 7.16. The summed E-state index contributed by atoms with van der Waals surface area (Å²) in [5, 5.41) is 12.9. The Bertz CT molecular complexity index is 1390. The molecule has 0 spiro atoms. The average molecular weight is 525 g/mol. The van der Waals surface area contributed by atoms with Crippen LogP contribution < -0.4 is 19.7 Å². The van der Waals surface area contributed by atoms with Crippen LogP contribution in [-0.4, -0.2) is 43.3 Å². The second kappa shape index (κ2) is 9.59. The van der Waals surface area contributed by atoms with Crippen molar-refractivity contribution in [3.05, 3.63) is 82.1 Å². The predicted octanol–water partition coefficient (Wildman–Crippen LogP) is 5.43. The number of carboxylic acids is 1. The first-order valence-electron chi connectivity index (χ1n) is 11.9. The zero-order valence-electron chi connectivity index (χ0n) is 20.4. The van der Waals surface area contributed by atoms with Gasteiger partial charge in [-0.2, -0.15) is 0 Å². The summed E-state index contributed by atoms with van der Waals surface area (Å²) in [5.41, 5.74) is 1.72. The fourth-order valence-corrected chi connectivity index (χ4v) is 4.72. The first-order valence-corrected chi connectivity index (χ1v) is 12.3. The zero-order valence-corrected chi connectivity index (χ0v) is 21.1. The van der Waals surface area contributed by atoms with E-state index in [2.05, 4.69) is 5.32 Å². The number of nitrogens with one attached hydrogen (secondary N) is 1. The number of carbonyl (C=O) groups excluding carboxylic acids is 1. The Balaban J connectivity index is 1.24. The molecule has 1 aliphatic carbocycles. The minimum absolute atomic E-state index is 0.145. The normalized spacial score (nSPS) is 17.4. The zero-order chi connectivity index (χ0) is 26.3. The van der Waals surface area contributed by atoms with Crippen molar-refractivity contribution in [2.24, 2.45) is 0 Å². The quantitative estimate of drug-likeness (QED) is 0.428. The molecule has 1 saturated carbocycles. The highest BCUT2D eigenvalue weighted by Crippen LogP contribution is 2.49. The minimum atomic E-state index is -0.900. The molecule has 0 bridgehead atoms. The number of aliphatic carboxylic acids is 1. The lowest BCUT2D eigenvalue weighted by Crippen LogP contribution is -2.41. The molecular formula is C28H26ClFN2O5. The molecule has 1 heterocycles. The van der Waals surface area contributed by atoms with Crippen molar-refractivity contribution in [2.75, 3.05) is 30.4 Å². The van der Waals surface area contributed by atoms with Gasteiger partial charge in [-0.15, -0.1) is 0 Å². The van der Waals surface area contributed by atoms with Gasteiger partial charge in [0.2, 0.25) is 0 Å². The van der Waals surface area contributed by atoms with Crippen molar-refractivity contribution < 1.29 is 28.6 Å². The fraction of sp³-hybridized carbons (Fsp3) is 0.286. The van der Waals surface area contributed by atoms with Crippen LogP contribution in [0.3, 0.4) is 0 Å². The lowest BCUT2D eigenvalue weighted by Gasteiger charge is -2.33. The first kappa shape index (κ1) is 24.9. The smallest absolute Gasteiger partial charge is 0.314 e. The summed E-state index contributed by atoms with van der Waals surface area (Å²) in [4.78, 5) is 26.6. The van der Waals surface area contributed by atoms with Crippen LogP contribution in [0, 0.1) is 12.7 Å². The van der Waals surface area contributed by atoms with Crippen LogP contribution in [0.15, 0.2) is 54.6 Å². The van der Waals surface area contributed by atoms with E-state index in [1.54, 1.807) is 37.3 Å². The van der Waals surface area contributed by atoms with Crippen LogP contribution in [-0.2, 0) is 10.2 Å². The number of benzene rings is 3. The molecular weight excluding hydrogens is 499 g/mol. The maximum absolute atomic E-state index is 14.9. The van der Waals surface area contributed by atoms with E-state index < -0.39 is 23.1 Å². The standard InChI is InChI=1S/C28H26ClFN2O5/c1-16-3-4-17(28(9-10-28)27(34)35)11-23(16)31-26(33)21-7-6-19(13-22(21)30)36-15-20-14-32(2)24-8-5-18(29)12-25(24)37-20/h3-8,11-13,20H,9-10,14-15H2,1-2H3,(H,31,33)(H,34,35)/t20-/m0/s1. The third kappa shape index (κ3) is 4.93. The van der Waals surface area contributed by atoms with Crippen molar-refractivity contribution in [3.63, 3.8) is 0 Å². The molecule has 192 valence electrons. The summed E-state index contributed by atoms with van der Waals surface area (Å²) >= 11 is 6.08. The van der Waals surface area contributed by atoms with Gasteiger partial charge in [0.25, 0.3) is 5.91 Å². The molecule has 37 heavy (non-hydrogen) atoms. The number of anilines is 2. The molecule has 3 aromatic carbocycles. The van der Waals surface area contributed by atoms with E-state index in [0.29, 0.717) is 41.4 Å². The third-order valence-electron chi connectivity index (χ3n) is 6.92. The second-order valence-electron chi connectivity index (χ2n) is 9.56. The number of halogens is 2. The Morgan fingerprint density at radius 2 is 1.97 bits per heavy atom. The average Bonchev–Trinajstić information content (AvgIpc) is 3.66. The van der Waals surface area contributed by atoms with Crippen LogP contribution in [0.4, 0.5) is 15.8 Å². The molecule has 0 unspecified atom stereocenters. The summed E-state index contributed by atoms with van der Waals surface area (Å²) in [5.74, 6) is -1.31. The number of ether oxygens (including phenoxy) is 2. The second-order valence-corrected chi connectivity index (χ2v) is 9.99. The molecule has 1 amide bonds. The van der Waals surface area contributed by atoms with E-state index in [9.17, 15) is 19.1 Å². The van der Waals surface area contributed by atoms with Gasteiger partial charge in [-0.25, -0.2) is 4.39 Å². The SMILES string of the molecule is Cc1ccc(C2(C(=O)O)CC2)cc1NC(=O)c1ccc(OC[C@@H]2CN(C)c3ccc(Cl)cc3O2)cc1F. The predicted molar refractivity (Wildman–Crippen MR) is 139 cm³/mol. The van der Waals surface area contributed by atoms with E-state index in [-0.39, 0.29) is 24.0 Å². The van der Waals surface area contributed by atoms with Crippen LogP contribution in [0.25, 0.3) is 0 Å². The maximum Gasteiger partial charge on any atom is 0.314 e. The van der Waals surface area contributed by atoms with Crippen LogP contribution in [0.5, 0.6) is 11.5 Å². The number of hydrogen-bond donors (Lipinski definition) is 2. The molecule has 0 aromatic heterocycles. The lowest BCUT2D eigenvalue weighted by molar-refractivity contribution is -0.140. The Morgan fingerprint density at radius 3 is 2.68 bits per heavy atom. The largest absolute Gasteiger partial charge is 0.490 e. The van der Waals surface area contributed by atoms with Gasteiger partial charge in [0.1, 0.15) is 30.0 Å². The molecule has 0 radical (unpaired) electrons. The Hall–Kier alpha value is -3.78. The number of aryl methyl sites for hydroxylation is 1. The summed E-state index contributed by atoms with van der Waals surface area (Å²) in [6.07, 6.45) is 0.812. The summed E-state index contributed by atoms with van der Waals surface area (Å²) in [6, 6.07) is 14.7. The lowest BCUT2D eigenvalue weighted by atomic mass is 9.94. The number of hydrogen-bond acceptors (Lipinski definition) is 5. The summed E-state index contributed by atoms with van der Waals surface area (Å²) in [7, 11) is 1.94. The van der Waals surface area contributed by atoms with Crippen LogP contribution >= 0.6 is 11.6 Å². The Morgan fingerprint density at radius 1 is 1.19 bits per heavy atom. The number of rotatable bonds is 7. The van der Waals surface area contributed by atoms with E-state index >= 15 is 0 Å². The van der Waals surface area contributed by atoms with Crippen LogP contribution in [0.2, 0.25) is 5.02 Å². The van der Waals surface area contributed by atoms with Gasteiger partial charge in [-0.3, -0.25) is 9.59 Å². The summed E-state index contributed by atoms with van der Waals surface area (Å²) in [6.45, 7) is 2.56. The van der Waals surface area contributed by atoms with E-state index in [0.717, 1.165) is 11.3 Å². The molecule has 2 N–H and O–H groups in total. The molecule has 1 aliphatic heterocycles. The molecule has 9 heteroatoms. The number of likely N-dealkylation sites (N-methyl/N-ethyl adjacent to an activating group) is 1. The highest BCUT2D eigenvalue weighted by molar-refractivity contribution is 6.30. The minimum Gasteiger partial charge on any atom is -0.490 e. The molecule has 2 aliphatic rings. The number of fused-ring (bicyclic) bond motifs is 1. The summed E-state index contributed by atoms with van der Waals surface area (Å²) < 4.78 is 26.6. The molecule has 5 rings (SSSR count). The maximum atomic E-state index is 14.9. The van der Waals surface area contributed by atoms with Gasteiger partial charge in [-0.1, -0.05) is 23.7 Å². The van der Waals surface area contributed by atoms with Crippen LogP contribution in [0.1, 0.15) is 34.3 Å². The first-order chi connectivity index (χ1) is 17.7. The van der Waals surface area contributed by atoms with Gasteiger partial charge >= 0.3 is 5.97 Å². The fourth-order valence-electron chi connectivity index (χ4n) is 4.56. The molecule has 7 nitrogen and oxygen atoms in total. The van der Waals surface area contributed by atoms with Gasteiger partial charge < -0.3 is 24.8 Å². The van der Waals surface area contributed by atoms with E-state index in [1.165, 1.54) is 18.2 Å². The molecule has 1 fully saturated rings. The molecule has 1 atom stereocenters. The molecule has 0 saturated heterocycles. The van der Waals surface area contributed by atoms with Crippen molar-refractivity contribution in [1.29, 1.82) is 0 Å². The van der Waals surface area contributed by atoms with E-state index in [4.69, 9.17) is 21.1 Å². The monoisotopic (exact) mass is 524 g/mol. The van der Waals surface area contributed by atoms with Gasteiger partial charge in [0, 0.05) is 29.9 Å². The number of carbonyl (C=O) groups is 2. The molecule has 3 aromatic rings. The van der Waals surface area contributed by atoms with Gasteiger partial charge in [0.15, 0.2) is 0 Å². The topological polar surface area (TPSA) is 88.1 Å². The number of amides is 1. The highest BCUT2D eigenvalue weighted by atomic mass is 35.5. The Labute approximate surface area is 218 Å². The Kier molecular flexibility index (Phi) is 6.45. The highest BCUT2D eigenvalue weighted by Gasteiger charge is 2.51. The number of nitrogens with zero attached hydrogens (tertiary/aromatic N) is 1. The van der Waals surface area contributed by atoms with Crippen molar-refractivity contribution in [2.45, 2.75) is 31.3 Å². The van der Waals surface area contributed by atoms with Crippen molar-refractivity contribution in [1.82, 2.24) is 0 Å². The van der Waals surface area contributed by atoms with E-state index in [1.807, 2.05) is 18.0 Å².